The van der Waals surface area contributed by atoms with E-state index in [4.69, 9.17) is 19.8 Å². The molecule has 32 heavy (non-hydrogen) atoms. The summed E-state index contributed by atoms with van der Waals surface area (Å²) < 4.78 is 39.9. The van der Waals surface area contributed by atoms with E-state index in [0.717, 1.165) is 25.9 Å². The number of hydrogen-bond acceptors (Lipinski definition) is 5. The fraction of sp³-hybridized carbons (Fsp3) is 0.364. The number of aryl methyl sites for hydroxylation is 1. The van der Waals surface area contributed by atoms with E-state index in [9.17, 15) is 12.8 Å². The summed E-state index contributed by atoms with van der Waals surface area (Å²) in [7, 11) is -3.54. The maximum absolute atomic E-state index is 13.0. The van der Waals surface area contributed by atoms with Crippen molar-refractivity contribution in [2.24, 2.45) is 0 Å². The van der Waals surface area contributed by atoms with Crippen molar-refractivity contribution in [3.05, 3.63) is 66.0 Å². The van der Waals surface area contributed by atoms with Gasteiger partial charge in [0.25, 0.3) is 0 Å². The Bertz CT molecular complexity index is 979. The van der Waals surface area contributed by atoms with Crippen molar-refractivity contribution in [2.75, 3.05) is 26.2 Å². The molecule has 0 spiro atoms. The molecule has 1 heterocycles. The highest BCUT2D eigenvalue weighted by atomic mass is 32.2. The van der Waals surface area contributed by atoms with Crippen LogP contribution in [0.1, 0.15) is 18.9 Å². The molecule has 0 radical (unpaired) electrons. The number of aliphatic carboxylic acids is 2. The summed E-state index contributed by atoms with van der Waals surface area (Å²) >= 11 is 0. The van der Waals surface area contributed by atoms with Gasteiger partial charge in [0, 0.05) is 32.2 Å². The molecule has 2 aromatic carbocycles. The minimum atomic E-state index is -3.54. The lowest BCUT2D eigenvalue weighted by atomic mass is 10.0. The molecule has 10 heteroatoms. The van der Waals surface area contributed by atoms with E-state index in [0.29, 0.717) is 19.1 Å². The summed E-state index contributed by atoms with van der Waals surface area (Å²) in [5.41, 5.74) is 1.33. The summed E-state index contributed by atoms with van der Waals surface area (Å²) in [5, 5.41) is 14.8. The number of hydrogen-bond donors (Lipinski definition) is 2. The number of halogens is 1. The Morgan fingerprint density at radius 1 is 0.938 bits per heavy atom. The van der Waals surface area contributed by atoms with Crippen LogP contribution >= 0.6 is 0 Å². The molecular formula is C22H27FN2O6S. The van der Waals surface area contributed by atoms with Crippen LogP contribution in [-0.2, 0) is 26.0 Å². The maximum Gasteiger partial charge on any atom is 0.414 e. The molecule has 174 valence electrons. The SMILES string of the molecule is CC(CCc1ccccc1)N1CCN(S(=O)(=O)c2ccc(F)cc2)CC1.O=C(O)C(=O)O. The monoisotopic (exact) mass is 466 g/mol. The third kappa shape index (κ3) is 7.40. The van der Waals surface area contributed by atoms with Crippen molar-refractivity contribution >= 4 is 22.0 Å². The second kappa shape index (κ2) is 11.7. The predicted molar refractivity (Wildman–Crippen MR) is 116 cm³/mol. The lowest BCUT2D eigenvalue weighted by molar-refractivity contribution is -0.159. The van der Waals surface area contributed by atoms with Gasteiger partial charge in [-0.1, -0.05) is 30.3 Å². The number of carboxylic acids is 2. The van der Waals surface area contributed by atoms with Crippen LogP contribution in [0.2, 0.25) is 0 Å². The van der Waals surface area contributed by atoms with Crippen molar-refractivity contribution in [3.63, 3.8) is 0 Å². The zero-order valence-corrected chi connectivity index (χ0v) is 18.5. The first-order valence-corrected chi connectivity index (χ1v) is 11.5. The number of carbonyl (C=O) groups is 2. The molecule has 1 saturated heterocycles. The number of piperazine rings is 1. The van der Waals surface area contributed by atoms with Crippen molar-refractivity contribution in [1.82, 2.24) is 9.21 Å². The Balaban J connectivity index is 0.000000534. The minimum absolute atomic E-state index is 0.157. The van der Waals surface area contributed by atoms with Gasteiger partial charge in [-0.05, 0) is 49.6 Å². The Labute approximate surface area is 186 Å². The third-order valence-electron chi connectivity index (χ3n) is 5.22. The second-order valence-electron chi connectivity index (χ2n) is 7.38. The maximum atomic E-state index is 13.0. The van der Waals surface area contributed by atoms with Crippen molar-refractivity contribution in [3.8, 4) is 0 Å². The average molecular weight is 467 g/mol. The smallest absolute Gasteiger partial charge is 0.414 e. The van der Waals surface area contributed by atoms with Crippen LogP contribution in [-0.4, -0.2) is 72.0 Å². The van der Waals surface area contributed by atoms with Crippen molar-refractivity contribution in [1.29, 1.82) is 0 Å². The van der Waals surface area contributed by atoms with Crippen molar-refractivity contribution in [2.45, 2.75) is 30.7 Å². The largest absolute Gasteiger partial charge is 0.473 e. The van der Waals surface area contributed by atoms with Gasteiger partial charge in [0.05, 0.1) is 4.90 Å². The lowest BCUT2D eigenvalue weighted by Crippen LogP contribution is -2.51. The number of carboxylic acid groups (broad SMARTS) is 2. The van der Waals surface area contributed by atoms with Gasteiger partial charge in [-0.3, -0.25) is 4.90 Å². The highest BCUT2D eigenvalue weighted by Crippen LogP contribution is 2.20. The van der Waals surface area contributed by atoms with Crippen LogP contribution in [0.3, 0.4) is 0 Å². The van der Waals surface area contributed by atoms with E-state index < -0.39 is 27.8 Å². The van der Waals surface area contributed by atoms with Crippen LogP contribution in [0.15, 0.2) is 59.5 Å². The molecule has 1 atom stereocenters. The summed E-state index contributed by atoms with van der Waals surface area (Å²) in [6, 6.07) is 15.9. The van der Waals surface area contributed by atoms with Gasteiger partial charge in [-0.15, -0.1) is 0 Å². The highest BCUT2D eigenvalue weighted by molar-refractivity contribution is 7.89. The molecule has 0 bridgehead atoms. The summed E-state index contributed by atoms with van der Waals surface area (Å²) in [5.74, 6) is -4.08. The average Bonchev–Trinajstić information content (AvgIpc) is 2.79. The molecular weight excluding hydrogens is 439 g/mol. The fourth-order valence-corrected chi connectivity index (χ4v) is 4.77. The molecule has 3 rings (SSSR count). The molecule has 2 aromatic rings. The van der Waals surface area contributed by atoms with Gasteiger partial charge in [-0.25, -0.2) is 22.4 Å². The standard InChI is InChI=1S/C20H25FN2O2S.C2H2O4/c1-17(7-8-18-5-3-2-4-6-18)22-13-15-23(16-14-22)26(24,25)20-11-9-19(21)10-12-20;3-1(4)2(5)6/h2-6,9-12,17H,7-8,13-16H2,1H3;(H,3,4)(H,5,6). The molecule has 0 aromatic heterocycles. The predicted octanol–water partition coefficient (Wildman–Crippen LogP) is 2.31. The van der Waals surface area contributed by atoms with E-state index >= 15 is 0 Å². The number of benzene rings is 2. The zero-order valence-electron chi connectivity index (χ0n) is 17.7. The van der Waals surface area contributed by atoms with Crippen LogP contribution in [0.5, 0.6) is 0 Å². The van der Waals surface area contributed by atoms with Crippen molar-refractivity contribution < 1.29 is 32.6 Å². The Morgan fingerprint density at radius 2 is 1.47 bits per heavy atom. The van der Waals surface area contributed by atoms with Gasteiger partial charge in [0.2, 0.25) is 10.0 Å². The lowest BCUT2D eigenvalue weighted by Gasteiger charge is -2.37. The molecule has 2 N–H and O–H groups in total. The van der Waals surface area contributed by atoms with Gasteiger partial charge in [0.15, 0.2) is 0 Å². The van der Waals surface area contributed by atoms with Gasteiger partial charge in [-0.2, -0.15) is 4.31 Å². The van der Waals surface area contributed by atoms with Gasteiger partial charge < -0.3 is 10.2 Å². The Hall–Kier alpha value is -2.82. The van der Waals surface area contributed by atoms with Gasteiger partial charge in [0.1, 0.15) is 5.82 Å². The van der Waals surface area contributed by atoms with E-state index in [1.807, 2.05) is 6.07 Å². The van der Waals surface area contributed by atoms with Crippen LogP contribution in [0.25, 0.3) is 0 Å². The first kappa shape index (κ1) is 25.4. The van der Waals surface area contributed by atoms with E-state index in [2.05, 4.69) is 36.1 Å². The molecule has 0 aliphatic carbocycles. The molecule has 1 aliphatic heterocycles. The quantitative estimate of drug-likeness (QED) is 0.628. The number of sulfonamides is 1. The topological polar surface area (TPSA) is 115 Å². The third-order valence-corrected chi connectivity index (χ3v) is 7.14. The molecule has 0 saturated carbocycles. The van der Waals surface area contributed by atoms with E-state index in [1.165, 1.54) is 34.1 Å². The fourth-order valence-electron chi connectivity index (χ4n) is 3.34. The first-order chi connectivity index (χ1) is 15.1. The number of rotatable bonds is 6. The van der Waals surface area contributed by atoms with E-state index in [1.54, 1.807) is 0 Å². The van der Waals surface area contributed by atoms with Crippen LogP contribution in [0, 0.1) is 5.82 Å². The number of nitrogens with zero attached hydrogens (tertiary/aromatic N) is 2. The summed E-state index contributed by atoms with van der Waals surface area (Å²) in [6.07, 6.45) is 2.07. The minimum Gasteiger partial charge on any atom is -0.473 e. The normalized spacial score (nSPS) is 15.9. The van der Waals surface area contributed by atoms with E-state index in [-0.39, 0.29) is 4.90 Å². The molecule has 8 nitrogen and oxygen atoms in total. The Morgan fingerprint density at radius 3 is 1.97 bits per heavy atom. The molecule has 1 fully saturated rings. The molecule has 0 amide bonds. The zero-order chi connectivity index (χ0) is 23.7. The highest BCUT2D eigenvalue weighted by Gasteiger charge is 2.29. The van der Waals surface area contributed by atoms with Crippen LogP contribution < -0.4 is 0 Å². The van der Waals surface area contributed by atoms with Crippen LogP contribution in [0.4, 0.5) is 4.39 Å². The second-order valence-corrected chi connectivity index (χ2v) is 9.32. The molecule has 1 unspecified atom stereocenters. The Kier molecular flexibility index (Phi) is 9.30. The molecule has 1 aliphatic rings. The summed E-state index contributed by atoms with van der Waals surface area (Å²) in [4.78, 5) is 20.7. The van der Waals surface area contributed by atoms with Gasteiger partial charge >= 0.3 is 11.9 Å². The summed E-state index contributed by atoms with van der Waals surface area (Å²) in [6.45, 7) is 4.57. The first-order valence-electron chi connectivity index (χ1n) is 10.1.